The van der Waals surface area contributed by atoms with Crippen LogP contribution < -0.4 is 5.73 Å². The van der Waals surface area contributed by atoms with E-state index in [2.05, 4.69) is 47.6 Å². The van der Waals surface area contributed by atoms with Crippen molar-refractivity contribution in [2.75, 3.05) is 0 Å². The zero-order chi connectivity index (χ0) is 38.2. The van der Waals surface area contributed by atoms with E-state index in [1.165, 1.54) is 12.5 Å². The molecule has 0 spiro atoms. The predicted molar refractivity (Wildman–Crippen MR) is 202 cm³/mol. The van der Waals surface area contributed by atoms with Crippen molar-refractivity contribution in [3.05, 3.63) is 58.7 Å². The molecule has 4 fully saturated rings. The molecule has 0 aromatic heterocycles. The molecular weight excluding hydrogens is 654 g/mol. The smallest absolute Gasteiger partial charge is 0.334 e. The summed E-state index contributed by atoms with van der Waals surface area (Å²) in [5, 5.41) is 12.4. The number of ether oxygens (including phenoxy) is 3. The first kappa shape index (κ1) is 40.2. The molecule has 0 radical (unpaired) electrons. The topological polar surface area (TPSA) is 125 Å². The summed E-state index contributed by atoms with van der Waals surface area (Å²) >= 11 is 0. The fourth-order valence-electron chi connectivity index (χ4n) is 11.6. The van der Waals surface area contributed by atoms with Gasteiger partial charge in [-0.25, -0.2) is 4.79 Å². The molecule has 0 amide bonds. The predicted octanol–water partition coefficient (Wildman–Crippen LogP) is 8.25. The fourth-order valence-corrected chi connectivity index (χ4v) is 11.6. The molecule has 11 atom stereocenters. The van der Waals surface area contributed by atoms with Crippen LogP contribution in [0.2, 0.25) is 0 Å². The molecule has 1 aromatic rings. The molecule has 4 aliphatic rings. The highest BCUT2D eigenvalue weighted by molar-refractivity contribution is 5.90. The summed E-state index contributed by atoms with van der Waals surface area (Å²) in [5.74, 6) is -0.536. The Bertz CT molecular complexity index is 1530. The van der Waals surface area contributed by atoms with Crippen molar-refractivity contribution in [1.82, 2.24) is 0 Å². The lowest BCUT2D eigenvalue weighted by Crippen LogP contribution is -2.65. The average Bonchev–Trinajstić information content (AvgIpc) is 3.34. The van der Waals surface area contributed by atoms with Crippen LogP contribution in [0.3, 0.4) is 0 Å². The maximum atomic E-state index is 14.2. The van der Waals surface area contributed by atoms with E-state index in [4.69, 9.17) is 19.9 Å². The highest BCUT2D eigenvalue weighted by atomic mass is 16.6. The van der Waals surface area contributed by atoms with Gasteiger partial charge in [0.25, 0.3) is 0 Å². The third kappa shape index (κ3) is 7.66. The third-order valence-corrected chi connectivity index (χ3v) is 14.0. The standard InChI is InChI=1S/C44H65NO7/c1-26(2)14-13-17-31(40(48)50-25-30-15-11-10-12-16-30)38-33-23-35(47)39-42(7)20-19-36(52-41(49)34(45)22-27(3)4)28(5)32(42)18-21-43(39,8)44(33,9)24-37(38)51-29(6)46/h10-12,14-16,27-28,32-37,39,47H,13,17-25,45H2,1-9H3/b38-31-/t28-,32?,33?,34?,35+,36+,37-,39?,42-,43-,44-/m0/s1. The molecule has 52 heavy (non-hydrogen) atoms. The lowest BCUT2D eigenvalue weighted by Gasteiger charge is -2.69. The van der Waals surface area contributed by atoms with E-state index >= 15 is 0 Å². The van der Waals surface area contributed by atoms with Crippen molar-refractivity contribution >= 4 is 17.9 Å². The SMILES string of the molecule is CC(=O)O[C@H]1C[C@@]2(C)C(C[C@@H](O)C3[C@@]4(C)CC[C@@H](OC(=O)C(N)CC(C)C)[C@@H](C)C4CC[C@@]32C)/C1=C(\CCC=C(C)C)C(=O)OCc1ccccc1. The summed E-state index contributed by atoms with van der Waals surface area (Å²) in [6.45, 7) is 19.0. The summed E-state index contributed by atoms with van der Waals surface area (Å²) in [4.78, 5) is 39.9. The van der Waals surface area contributed by atoms with Crippen molar-refractivity contribution in [2.24, 2.45) is 51.6 Å². The average molecular weight is 720 g/mol. The molecule has 5 rings (SSSR count). The summed E-state index contributed by atoms with van der Waals surface area (Å²) in [7, 11) is 0. The van der Waals surface area contributed by atoms with Gasteiger partial charge in [0.1, 0.15) is 24.9 Å². The van der Waals surface area contributed by atoms with E-state index in [1.54, 1.807) is 0 Å². The van der Waals surface area contributed by atoms with Gasteiger partial charge in [0.15, 0.2) is 0 Å². The quantitative estimate of drug-likeness (QED) is 0.101. The Kier molecular flexibility index (Phi) is 12.2. The van der Waals surface area contributed by atoms with E-state index in [0.717, 1.165) is 36.8 Å². The molecule has 0 aliphatic heterocycles. The fraction of sp³-hybridized carbons (Fsp3) is 0.705. The number of carbonyl (C=O) groups is 3. The van der Waals surface area contributed by atoms with Gasteiger partial charge in [-0.3, -0.25) is 9.59 Å². The van der Waals surface area contributed by atoms with Gasteiger partial charge in [-0.15, -0.1) is 0 Å². The number of fused-ring (bicyclic) bond motifs is 5. The van der Waals surface area contributed by atoms with Crippen LogP contribution in [0.5, 0.6) is 0 Å². The maximum Gasteiger partial charge on any atom is 0.334 e. The van der Waals surface area contributed by atoms with E-state index in [9.17, 15) is 19.5 Å². The van der Waals surface area contributed by atoms with Crippen LogP contribution in [0.25, 0.3) is 0 Å². The first-order chi connectivity index (χ1) is 24.4. The highest BCUT2D eigenvalue weighted by Gasteiger charge is 2.71. The van der Waals surface area contributed by atoms with Gasteiger partial charge in [-0.2, -0.15) is 0 Å². The number of carbonyl (C=O) groups excluding carboxylic acids is 3. The Morgan fingerprint density at radius 3 is 2.33 bits per heavy atom. The van der Waals surface area contributed by atoms with Crippen LogP contribution in [0.4, 0.5) is 0 Å². The highest BCUT2D eigenvalue weighted by Crippen LogP contribution is 2.74. The third-order valence-electron chi connectivity index (χ3n) is 14.0. The molecule has 4 saturated carbocycles. The second kappa shape index (κ2) is 15.8. The molecule has 0 saturated heterocycles. The minimum atomic E-state index is -0.621. The number of rotatable bonds is 11. The Labute approximate surface area is 312 Å². The Morgan fingerprint density at radius 1 is 1.00 bits per heavy atom. The monoisotopic (exact) mass is 719 g/mol. The van der Waals surface area contributed by atoms with Crippen molar-refractivity contribution < 1.29 is 33.7 Å². The second-order valence-corrected chi connectivity index (χ2v) is 18.0. The molecule has 1 aromatic carbocycles. The second-order valence-electron chi connectivity index (χ2n) is 18.0. The zero-order valence-electron chi connectivity index (χ0n) is 33.2. The molecule has 8 heteroatoms. The number of benzene rings is 1. The van der Waals surface area contributed by atoms with Gasteiger partial charge in [0.05, 0.1) is 6.10 Å². The molecule has 0 bridgehead atoms. The van der Waals surface area contributed by atoms with Gasteiger partial charge < -0.3 is 25.1 Å². The van der Waals surface area contributed by atoms with Crippen LogP contribution in [-0.2, 0) is 35.2 Å². The van der Waals surface area contributed by atoms with Crippen LogP contribution in [0.1, 0.15) is 126 Å². The first-order valence-corrected chi connectivity index (χ1v) is 19.8. The van der Waals surface area contributed by atoms with E-state index in [-0.39, 0.29) is 70.5 Å². The van der Waals surface area contributed by atoms with E-state index in [1.807, 2.05) is 44.2 Å². The van der Waals surface area contributed by atoms with Crippen molar-refractivity contribution in [1.29, 1.82) is 0 Å². The molecule has 0 heterocycles. The Hall–Kier alpha value is -2.97. The summed E-state index contributed by atoms with van der Waals surface area (Å²) in [6, 6.07) is 9.04. The molecule has 4 unspecified atom stereocenters. The minimum Gasteiger partial charge on any atom is -0.461 e. The van der Waals surface area contributed by atoms with Crippen LogP contribution in [0.15, 0.2) is 53.1 Å². The molecule has 288 valence electrons. The van der Waals surface area contributed by atoms with Gasteiger partial charge >= 0.3 is 17.9 Å². The van der Waals surface area contributed by atoms with Gasteiger partial charge in [-0.05, 0) is 129 Å². The van der Waals surface area contributed by atoms with Crippen LogP contribution in [0, 0.1) is 45.8 Å². The lowest BCUT2D eigenvalue weighted by molar-refractivity contribution is -0.236. The lowest BCUT2D eigenvalue weighted by atomic mass is 9.36. The van der Waals surface area contributed by atoms with E-state index in [0.29, 0.717) is 43.6 Å². The van der Waals surface area contributed by atoms with Crippen molar-refractivity contribution in [3.8, 4) is 0 Å². The zero-order valence-corrected chi connectivity index (χ0v) is 33.2. The largest absolute Gasteiger partial charge is 0.461 e. The van der Waals surface area contributed by atoms with Gasteiger partial charge in [-0.1, -0.05) is 83.5 Å². The van der Waals surface area contributed by atoms with Crippen molar-refractivity contribution in [2.45, 2.75) is 151 Å². The number of aliphatic hydroxyl groups excluding tert-OH is 1. The first-order valence-electron chi connectivity index (χ1n) is 19.8. The number of hydrogen-bond donors (Lipinski definition) is 2. The summed E-state index contributed by atoms with van der Waals surface area (Å²) in [5.41, 5.74) is 8.88. The Balaban J connectivity index is 1.49. The number of allylic oxidation sites excluding steroid dienone is 2. The molecule has 8 nitrogen and oxygen atoms in total. The Morgan fingerprint density at radius 2 is 1.69 bits per heavy atom. The molecule has 4 aliphatic carbocycles. The number of esters is 3. The summed E-state index contributed by atoms with van der Waals surface area (Å²) in [6.07, 6.45) is 6.93. The number of hydrogen-bond acceptors (Lipinski definition) is 8. The van der Waals surface area contributed by atoms with Crippen LogP contribution in [-0.4, -0.2) is 47.4 Å². The van der Waals surface area contributed by atoms with Crippen molar-refractivity contribution in [3.63, 3.8) is 0 Å². The molecule has 3 N–H and O–H groups in total. The van der Waals surface area contributed by atoms with Crippen LogP contribution >= 0.6 is 0 Å². The maximum absolute atomic E-state index is 14.2. The van der Waals surface area contributed by atoms with Gasteiger partial charge in [0, 0.05) is 12.5 Å². The molecular formula is C44H65NO7. The summed E-state index contributed by atoms with van der Waals surface area (Å²) < 4.78 is 18.3. The number of aliphatic hydroxyl groups is 1. The minimum absolute atomic E-state index is 0.0150. The van der Waals surface area contributed by atoms with E-state index < -0.39 is 18.2 Å². The number of nitrogens with two attached hydrogens (primary N) is 1. The van der Waals surface area contributed by atoms with Gasteiger partial charge in [0.2, 0.25) is 0 Å². The normalized spacial score (nSPS) is 36.8.